The zero-order valence-electron chi connectivity index (χ0n) is 11.3. The molecule has 0 spiro atoms. The fourth-order valence-electron chi connectivity index (χ4n) is 1.80. The van der Waals surface area contributed by atoms with Gasteiger partial charge in [-0.3, -0.25) is 9.59 Å². The largest absolute Gasteiger partial charge is 0.481 e. The number of carbonyl (C=O) groups excluding carboxylic acids is 1. The number of hydrogen-bond acceptors (Lipinski definition) is 2. The maximum atomic E-state index is 13.4. The minimum atomic E-state index is -0.894. The van der Waals surface area contributed by atoms with Crippen LogP contribution in [0.3, 0.4) is 0 Å². The maximum Gasteiger partial charge on any atom is 0.303 e. The third-order valence-corrected chi connectivity index (χ3v) is 2.87. The van der Waals surface area contributed by atoms with E-state index in [0.717, 1.165) is 0 Å². The molecule has 5 heteroatoms. The van der Waals surface area contributed by atoms with Crippen molar-refractivity contribution in [2.75, 3.05) is 0 Å². The van der Waals surface area contributed by atoms with Crippen molar-refractivity contribution in [2.24, 2.45) is 0 Å². The highest BCUT2D eigenvalue weighted by Crippen LogP contribution is 2.15. The Kier molecular flexibility index (Phi) is 5.03. The van der Waals surface area contributed by atoms with Gasteiger partial charge in [0.05, 0.1) is 0 Å². The van der Waals surface area contributed by atoms with Crippen LogP contribution in [-0.2, 0) is 4.79 Å². The van der Waals surface area contributed by atoms with Crippen LogP contribution in [0.15, 0.2) is 12.1 Å². The molecule has 1 aromatic carbocycles. The van der Waals surface area contributed by atoms with Crippen molar-refractivity contribution in [3.05, 3.63) is 34.6 Å². The van der Waals surface area contributed by atoms with E-state index in [2.05, 4.69) is 5.32 Å². The predicted octanol–water partition coefficient (Wildman–Crippen LogP) is 2.43. The summed E-state index contributed by atoms with van der Waals surface area (Å²) in [6.45, 7) is 4.95. The van der Waals surface area contributed by atoms with Crippen molar-refractivity contribution in [3.8, 4) is 0 Å². The molecule has 0 radical (unpaired) electrons. The monoisotopic (exact) mass is 267 g/mol. The Morgan fingerprint density at radius 2 is 1.84 bits per heavy atom. The molecule has 0 saturated carbocycles. The Morgan fingerprint density at radius 3 is 2.32 bits per heavy atom. The molecule has 104 valence electrons. The van der Waals surface area contributed by atoms with Crippen LogP contribution in [0, 0.1) is 19.7 Å². The molecule has 0 bridgehead atoms. The highest BCUT2D eigenvalue weighted by Gasteiger charge is 2.13. The zero-order valence-corrected chi connectivity index (χ0v) is 11.3. The number of carboxylic acids is 1. The summed E-state index contributed by atoms with van der Waals surface area (Å²) < 4.78 is 13.4. The van der Waals surface area contributed by atoms with Gasteiger partial charge in [-0.15, -0.1) is 0 Å². The molecule has 0 aliphatic rings. The van der Waals surface area contributed by atoms with E-state index in [4.69, 9.17) is 5.11 Å². The molecule has 0 aromatic heterocycles. The summed E-state index contributed by atoms with van der Waals surface area (Å²) in [5.74, 6) is -1.52. The van der Waals surface area contributed by atoms with Crippen molar-refractivity contribution >= 4 is 11.9 Å². The number of hydrogen-bond donors (Lipinski definition) is 2. The lowest BCUT2D eigenvalue weighted by Crippen LogP contribution is -2.33. The molecule has 1 atom stereocenters. The summed E-state index contributed by atoms with van der Waals surface area (Å²) in [6, 6.07) is 2.73. The Morgan fingerprint density at radius 1 is 1.32 bits per heavy atom. The minimum absolute atomic E-state index is 0.00290. The van der Waals surface area contributed by atoms with Gasteiger partial charge in [-0.2, -0.15) is 0 Å². The van der Waals surface area contributed by atoms with Crippen LogP contribution in [0.4, 0.5) is 4.39 Å². The van der Waals surface area contributed by atoms with Gasteiger partial charge >= 0.3 is 5.97 Å². The molecule has 19 heavy (non-hydrogen) atoms. The summed E-state index contributed by atoms with van der Waals surface area (Å²) in [5, 5.41) is 11.3. The van der Waals surface area contributed by atoms with E-state index in [-0.39, 0.29) is 24.2 Å². The highest BCUT2D eigenvalue weighted by molar-refractivity contribution is 5.94. The van der Waals surface area contributed by atoms with Gasteiger partial charge in [-0.25, -0.2) is 4.39 Å². The maximum absolute atomic E-state index is 13.4. The number of nitrogens with one attached hydrogen (secondary N) is 1. The smallest absolute Gasteiger partial charge is 0.303 e. The first kappa shape index (κ1) is 15.1. The Balaban J connectivity index is 2.70. The van der Waals surface area contributed by atoms with E-state index in [0.29, 0.717) is 23.1 Å². The second-order valence-corrected chi connectivity index (χ2v) is 4.73. The highest BCUT2D eigenvalue weighted by atomic mass is 19.1. The summed E-state index contributed by atoms with van der Waals surface area (Å²) in [6.07, 6.45) is 0.364. The third-order valence-electron chi connectivity index (χ3n) is 2.87. The molecule has 1 amide bonds. The van der Waals surface area contributed by atoms with E-state index < -0.39 is 5.97 Å². The van der Waals surface area contributed by atoms with Gasteiger partial charge in [-0.05, 0) is 50.5 Å². The van der Waals surface area contributed by atoms with Gasteiger partial charge in [0.2, 0.25) is 0 Å². The Bertz CT molecular complexity index is 476. The molecule has 1 unspecified atom stereocenters. The molecule has 0 heterocycles. The predicted molar refractivity (Wildman–Crippen MR) is 69.7 cm³/mol. The van der Waals surface area contributed by atoms with Gasteiger partial charge in [0.25, 0.3) is 5.91 Å². The number of benzene rings is 1. The van der Waals surface area contributed by atoms with Crippen LogP contribution in [0.2, 0.25) is 0 Å². The summed E-state index contributed by atoms with van der Waals surface area (Å²) in [7, 11) is 0. The zero-order chi connectivity index (χ0) is 14.6. The van der Waals surface area contributed by atoms with Crippen molar-refractivity contribution in [1.29, 1.82) is 0 Å². The fraction of sp³-hybridized carbons (Fsp3) is 0.429. The van der Waals surface area contributed by atoms with Crippen molar-refractivity contribution < 1.29 is 19.1 Å². The summed E-state index contributed by atoms with van der Waals surface area (Å²) in [5.41, 5.74) is 1.23. The molecule has 0 aliphatic heterocycles. The van der Waals surface area contributed by atoms with Crippen LogP contribution in [-0.4, -0.2) is 23.0 Å². The first-order valence-electron chi connectivity index (χ1n) is 6.10. The van der Waals surface area contributed by atoms with E-state index in [1.54, 1.807) is 20.8 Å². The first-order chi connectivity index (χ1) is 8.81. The number of carbonyl (C=O) groups is 2. The topological polar surface area (TPSA) is 66.4 Å². The second-order valence-electron chi connectivity index (χ2n) is 4.73. The molecule has 0 aliphatic carbocycles. The van der Waals surface area contributed by atoms with Crippen molar-refractivity contribution in [3.63, 3.8) is 0 Å². The minimum Gasteiger partial charge on any atom is -0.481 e. The van der Waals surface area contributed by atoms with Gasteiger partial charge in [0.15, 0.2) is 0 Å². The molecule has 1 rings (SSSR count). The van der Waals surface area contributed by atoms with Crippen LogP contribution in [0.5, 0.6) is 0 Å². The SMILES string of the molecule is Cc1cc(C(=O)NC(C)CCC(=O)O)cc(C)c1F. The van der Waals surface area contributed by atoms with Crippen LogP contribution in [0.25, 0.3) is 0 Å². The average Bonchev–Trinajstić information content (AvgIpc) is 2.32. The lowest BCUT2D eigenvalue weighted by Gasteiger charge is -2.13. The van der Waals surface area contributed by atoms with Crippen LogP contribution in [0.1, 0.15) is 41.3 Å². The normalized spacial score (nSPS) is 12.0. The first-order valence-corrected chi connectivity index (χ1v) is 6.10. The number of rotatable bonds is 5. The van der Waals surface area contributed by atoms with E-state index >= 15 is 0 Å². The van der Waals surface area contributed by atoms with Crippen molar-refractivity contribution in [1.82, 2.24) is 5.32 Å². The molecular weight excluding hydrogens is 249 g/mol. The third kappa shape index (κ3) is 4.35. The number of aliphatic carboxylic acids is 1. The molecule has 2 N–H and O–H groups in total. The Hall–Kier alpha value is -1.91. The molecule has 0 saturated heterocycles. The molecule has 1 aromatic rings. The van der Waals surface area contributed by atoms with Crippen LogP contribution < -0.4 is 5.32 Å². The standard InChI is InChI=1S/C14H18FNO3/c1-8-6-11(7-9(2)13(8)15)14(19)16-10(3)4-5-12(17)18/h6-7,10H,4-5H2,1-3H3,(H,16,19)(H,17,18). The summed E-state index contributed by atoms with van der Waals surface area (Å²) >= 11 is 0. The van der Waals surface area contributed by atoms with Gasteiger partial charge in [0, 0.05) is 18.0 Å². The van der Waals surface area contributed by atoms with Gasteiger partial charge in [-0.1, -0.05) is 0 Å². The lowest BCUT2D eigenvalue weighted by atomic mass is 10.1. The van der Waals surface area contributed by atoms with Crippen molar-refractivity contribution in [2.45, 2.75) is 39.7 Å². The van der Waals surface area contributed by atoms with E-state index in [9.17, 15) is 14.0 Å². The lowest BCUT2D eigenvalue weighted by molar-refractivity contribution is -0.137. The summed E-state index contributed by atoms with van der Waals surface area (Å²) in [4.78, 5) is 22.4. The number of carboxylic acid groups (broad SMARTS) is 1. The average molecular weight is 267 g/mol. The van der Waals surface area contributed by atoms with Crippen LogP contribution >= 0.6 is 0 Å². The van der Waals surface area contributed by atoms with E-state index in [1.165, 1.54) is 12.1 Å². The second kappa shape index (κ2) is 6.31. The van der Waals surface area contributed by atoms with Gasteiger partial charge in [0.1, 0.15) is 5.82 Å². The molecule has 0 fully saturated rings. The molecular formula is C14H18FNO3. The number of amides is 1. The Labute approximate surface area is 111 Å². The molecule has 4 nitrogen and oxygen atoms in total. The quantitative estimate of drug-likeness (QED) is 0.861. The number of halogens is 1. The van der Waals surface area contributed by atoms with E-state index in [1.807, 2.05) is 0 Å². The fourth-order valence-corrected chi connectivity index (χ4v) is 1.80. The number of aryl methyl sites for hydroxylation is 2. The van der Waals surface area contributed by atoms with Gasteiger partial charge < -0.3 is 10.4 Å².